The molecule has 0 saturated heterocycles. The summed E-state index contributed by atoms with van der Waals surface area (Å²) in [6, 6.07) is 0. The SMILES string of the molecule is CC(C)CCCCCCCCCCCCCCCCCCC(=O)OC[C@@H](COC(=O)CCCCCCCCCCCCCCC(C)C)OC(=O)CCCCCCCCCCCCCCCCC(C)C. The largest absolute Gasteiger partial charge is 0.462 e. The van der Waals surface area contributed by atoms with E-state index in [1.807, 2.05) is 0 Å². The summed E-state index contributed by atoms with van der Waals surface area (Å²) in [6.45, 7) is 13.8. The molecule has 0 rings (SSSR count). The zero-order chi connectivity index (χ0) is 50.5. The highest BCUT2D eigenvalue weighted by Crippen LogP contribution is 2.19. The zero-order valence-corrected chi connectivity index (χ0v) is 47.6. The second kappa shape index (κ2) is 54.2. The van der Waals surface area contributed by atoms with Crippen molar-refractivity contribution in [1.29, 1.82) is 0 Å². The number of hydrogen-bond donors (Lipinski definition) is 0. The topological polar surface area (TPSA) is 78.9 Å². The van der Waals surface area contributed by atoms with Gasteiger partial charge in [-0.05, 0) is 37.0 Å². The van der Waals surface area contributed by atoms with Crippen molar-refractivity contribution in [2.75, 3.05) is 13.2 Å². The van der Waals surface area contributed by atoms with Gasteiger partial charge in [-0.1, -0.05) is 311 Å². The van der Waals surface area contributed by atoms with Crippen LogP contribution in [0.25, 0.3) is 0 Å². The number of esters is 3. The van der Waals surface area contributed by atoms with Crippen LogP contribution in [0.3, 0.4) is 0 Å². The van der Waals surface area contributed by atoms with Crippen LogP contribution in [0.1, 0.15) is 350 Å². The first-order valence-corrected chi connectivity index (χ1v) is 31.1. The predicted molar refractivity (Wildman–Crippen MR) is 298 cm³/mol. The molecular formula is C63H122O6. The molecule has 69 heavy (non-hydrogen) atoms. The number of carbonyl (C=O) groups is 3. The second-order valence-corrected chi connectivity index (χ2v) is 23.1. The van der Waals surface area contributed by atoms with Crippen molar-refractivity contribution in [1.82, 2.24) is 0 Å². The van der Waals surface area contributed by atoms with Gasteiger partial charge in [0.15, 0.2) is 6.10 Å². The lowest BCUT2D eigenvalue weighted by Crippen LogP contribution is -2.30. The standard InChI is InChI=1S/C63H122O6/c1-57(2)49-43-37-31-25-19-13-9-7-8-10-15-22-28-34-40-46-52-61(64)67-55-60(56-68-62(65)53-47-41-35-29-23-18-17-21-27-33-39-45-51-59(5)6)69-63(66)54-48-42-36-30-24-16-12-11-14-20-26-32-38-44-50-58(3)4/h57-60H,7-56H2,1-6H3/t60-/m0/s1. The van der Waals surface area contributed by atoms with E-state index in [0.717, 1.165) is 75.5 Å². The van der Waals surface area contributed by atoms with E-state index in [1.54, 1.807) is 0 Å². The van der Waals surface area contributed by atoms with Crippen LogP contribution in [0.4, 0.5) is 0 Å². The zero-order valence-electron chi connectivity index (χ0n) is 47.6. The number of unbranched alkanes of at least 4 members (excludes halogenated alkanes) is 39. The van der Waals surface area contributed by atoms with E-state index >= 15 is 0 Å². The Labute approximate surface area is 431 Å². The van der Waals surface area contributed by atoms with Crippen molar-refractivity contribution < 1.29 is 28.6 Å². The van der Waals surface area contributed by atoms with E-state index in [0.29, 0.717) is 19.3 Å². The highest BCUT2D eigenvalue weighted by atomic mass is 16.6. The molecule has 0 unspecified atom stereocenters. The average Bonchev–Trinajstić information content (AvgIpc) is 3.31. The molecule has 0 aromatic rings. The monoisotopic (exact) mass is 975 g/mol. The second-order valence-electron chi connectivity index (χ2n) is 23.1. The molecule has 0 saturated carbocycles. The van der Waals surface area contributed by atoms with Gasteiger partial charge in [0.1, 0.15) is 13.2 Å². The molecule has 1 atom stereocenters. The molecule has 0 fully saturated rings. The van der Waals surface area contributed by atoms with E-state index in [4.69, 9.17) is 14.2 Å². The van der Waals surface area contributed by atoms with E-state index in [2.05, 4.69) is 41.5 Å². The third kappa shape index (κ3) is 57.2. The van der Waals surface area contributed by atoms with Crippen LogP contribution >= 0.6 is 0 Å². The van der Waals surface area contributed by atoms with E-state index in [1.165, 1.54) is 231 Å². The minimum Gasteiger partial charge on any atom is -0.462 e. The van der Waals surface area contributed by atoms with Gasteiger partial charge in [-0.2, -0.15) is 0 Å². The summed E-state index contributed by atoms with van der Waals surface area (Å²) in [7, 11) is 0. The third-order valence-corrected chi connectivity index (χ3v) is 14.4. The molecule has 410 valence electrons. The lowest BCUT2D eigenvalue weighted by atomic mass is 10.0. The van der Waals surface area contributed by atoms with Gasteiger partial charge in [-0.25, -0.2) is 0 Å². The van der Waals surface area contributed by atoms with E-state index < -0.39 is 6.10 Å². The Hall–Kier alpha value is -1.59. The van der Waals surface area contributed by atoms with Gasteiger partial charge in [0.05, 0.1) is 0 Å². The van der Waals surface area contributed by atoms with Gasteiger partial charge >= 0.3 is 17.9 Å². The number of rotatable bonds is 56. The lowest BCUT2D eigenvalue weighted by Gasteiger charge is -2.18. The van der Waals surface area contributed by atoms with Crippen molar-refractivity contribution in [2.45, 2.75) is 356 Å². The molecular weight excluding hydrogens is 853 g/mol. The maximum absolute atomic E-state index is 12.9. The van der Waals surface area contributed by atoms with Crippen LogP contribution in [-0.4, -0.2) is 37.2 Å². The van der Waals surface area contributed by atoms with E-state index in [-0.39, 0.29) is 31.1 Å². The summed E-state index contributed by atoms with van der Waals surface area (Å²) < 4.78 is 16.9. The summed E-state index contributed by atoms with van der Waals surface area (Å²) in [5, 5.41) is 0. The van der Waals surface area contributed by atoms with Crippen LogP contribution in [0.15, 0.2) is 0 Å². The molecule has 0 aromatic carbocycles. The van der Waals surface area contributed by atoms with Gasteiger partial charge in [-0.15, -0.1) is 0 Å². The normalized spacial score (nSPS) is 12.1. The summed E-state index contributed by atoms with van der Waals surface area (Å²) in [4.78, 5) is 38.3. The number of carbonyl (C=O) groups excluding carboxylic acids is 3. The first kappa shape index (κ1) is 67.4. The van der Waals surface area contributed by atoms with Crippen LogP contribution in [0.2, 0.25) is 0 Å². The Morgan fingerprint density at radius 2 is 0.420 bits per heavy atom. The molecule has 0 bridgehead atoms. The fraction of sp³-hybridized carbons (Fsp3) is 0.952. The number of hydrogen-bond acceptors (Lipinski definition) is 6. The van der Waals surface area contributed by atoms with Gasteiger partial charge in [0.2, 0.25) is 0 Å². The highest BCUT2D eigenvalue weighted by molar-refractivity contribution is 5.71. The molecule has 6 nitrogen and oxygen atoms in total. The first-order chi connectivity index (χ1) is 33.6. The van der Waals surface area contributed by atoms with Gasteiger partial charge in [0.25, 0.3) is 0 Å². The molecule has 0 radical (unpaired) electrons. The summed E-state index contributed by atoms with van der Waals surface area (Å²) in [5.74, 6) is 1.69. The average molecular weight is 976 g/mol. The predicted octanol–water partition coefficient (Wildman–Crippen LogP) is 20.7. The molecule has 0 N–H and O–H groups in total. The maximum Gasteiger partial charge on any atom is 0.306 e. The third-order valence-electron chi connectivity index (χ3n) is 14.4. The van der Waals surface area contributed by atoms with Crippen molar-refractivity contribution in [2.24, 2.45) is 17.8 Å². The van der Waals surface area contributed by atoms with Crippen molar-refractivity contribution in [3.63, 3.8) is 0 Å². The quantitative estimate of drug-likeness (QED) is 0.0343. The highest BCUT2D eigenvalue weighted by Gasteiger charge is 2.19. The molecule has 6 heteroatoms. The minimum atomic E-state index is -0.764. The van der Waals surface area contributed by atoms with Crippen LogP contribution < -0.4 is 0 Å². The molecule has 0 aliphatic carbocycles. The minimum absolute atomic E-state index is 0.0628. The Balaban J connectivity index is 4.29. The smallest absolute Gasteiger partial charge is 0.306 e. The Kier molecular flexibility index (Phi) is 52.9. The Morgan fingerprint density at radius 1 is 0.246 bits per heavy atom. The first-order valence-electron chi connectivity index (χ1n) is 31.1. The van der Waals surface area contributed by atoms with Crippen LogP contribution in [0, 0.1) is 17.8 Å². The van der Waals surface area contributed by atoms with Crippen molar-refractivity contribution in [3.05, 3.63) is 0 Å². The molecule has 0 aliphatic rings. The molecule has 0 aromatic heterocycles. The summed E-state index contributed by atoms with van der Waals surface area (Å²) >= 11 is 0. The fourth-order valence-electron chi connectivity index (χ4n) is 9.71. The Morgan fingerprint density at radius 3 is 0.623 bits per heavy atom. The van der Waals surface area contributed by atoms with Gasteiger partial charge in [0, 0.05) is 19.3 Å². The van der Waals surface area contributed by atoms with Gasteiger partial charge < -0.3 is 14.2 Å². The maximum atomic E-state index is 12.9. The molecule has 0 amide bonds. The van der Waals surface area contributed by atoms with Crippen molar-refractivity contribution >= 4 is 17.9 Å². The van der Waals surface area contributed by atoms with Crippen molar-refractivity contribution in [3.8, 4) is 0 Å². The van der Waals surface area contributed by atoms with E-state index in [9.17, 15) is 14.4 Å². The van der Waals surface area contributed by atoms with Gasteiger partial charge in [-0.3, -0.25) is 14.4 Å². The Bertz CT molecular complexity index is 1070. The fourth-order valence-corrected chi connectivity index (χ4v) is 9.71. The molecule has 0 heterocycles. The lowest BCUT2D eigenvalue weighted by molar-refractivity contribution is -0.167. The summed E-state index contributed by atoms with van der Waals surface area (Å²) in [5.41, 5.74) is 0. The molecule has 0 aliphatic heterocycles. The van der Waals surface area contributed by atoms with Crippen LogP contribution in [0.5, 0.6) is 0 Å². The molecule has 0 spiro atoms. The summed E-state index contributed by atoms with van der Waals surface area (Å²) in [6.07, 6.45) is 58.1. The van der Waals surface area contributed by atoms with Crippen LogP contribution in [-0.2, 0) is 28.6 Å². The number of ether oxygens (including phenoxy) is 3.